The number of anilines is 1. The molecule has 0 saturated carbocycles. The molecule has 0 unspecified atom stereocenters. The Kier molecular flexibility index (Phi) is 3.37. The van der Waals surface area contributed by atoms with E-state index in [0.29, 0.717) is 11.5 Å². The third kappa shape index (κ3) is 2.27. The molecule has 1 fully saturated rings. The topological polar surface area (TPSA) is 50.8 Å². The molecule has 0 aromatic heterocycles. The molecule has 5 heteroatoms. The summed E-state index contributed by atoms with van der Waals surface area (Å²) in [5.74, 6) is 1.29. The van der Waals surface area contributed by atoms with E-state index in [4.69, 9.17) is 9.47 Å². The number of carbonyl (C=O) groups excluding carboxylic acids is 1. The maximum atomic E-state index is 11.7. The number of urea groups is 1. The number of amides is 2. The van der Waals surface area contributed by atoms with Crippen LogP contribution in [0, 0.1) is 0 Å². The lowest BCUT2D eigenvalue weighted by Gasteiger charge is -2.27. The molecular formula is C12H16N2O3. The van der Waals surface area contributed by atoms with Crippen molar-refractivity contribution in [2.24, 2.45) is 0 Å². The zero-order valence-electron chi connectivity index (χ0n) is 10.0. The lowest BCUT2D eigenvalue weighted by Crippen LogP contribution is -2.46. The Labute approximate surface area is 100 Å². The number of carbonyl (C=O) groups is 1. The first-order valence-corrected chi connectivity index (χ1v) is 5.53. The van der Waals surface area contributed by atoms with Crippen molar-refractivity contribution in [2.45, 2.75) is 6.42 Å². The fraction of sp³-hybridized carbons (Fsp3) is 0.417. The minimum atomic E-state index is -0.0662. The Morgan fingerprint density at radius 3 is 2.65 bits per heavy atom. The predicted molar refractivity (Wildman–Crippen MR) is 64.9 cm³/mol. The smallest absolute Gasteiger partial charge is 0.321 e. The highest BCUT2D eigenvalue weighted by molar-refractivity contribution is 5.93. The molecule has 1 saturated heterocycles. The second kappa shape index (κ2) is 4.95. The van der Waals surface area contributed by atoms with E-state index in [1.807, 2.05) is 12.1 Å². The number of methoxy groups -OCH3 is 2. The molecule has 5 nitrogen and oxygen atoms in total. The van der Waals surface area contributed by atoms with Gasteiger partial charge < -0.3 is 14.8 Å². The predicted octanol–water partition coefficient (Wildman–Crippen LogP) is 1.62. The van der Waals surface area contributed by atoms with Gasteiger partial charge in [-0.1, -0.05) is 0 Å². The summed E-state index contributed by atoms with van der Waals surface area (Å²) >= 11 is 0. The van der Waals surface area contributed by atoms with Crippen LogP contribution in [0.2, 0.25) is 0 Å². The maximum Gasteiger partial charge on any atom is 0.321 e. The summed E-state index contributed by atoms with van der Waals surface area (Å²) in [5, 5.41) is 2.81. The second-order valence-electron chi connectivity index (χ2n) is 3.78. The van der Waals surface area contributed by atoms with E-state index in [9.17, 15) is 4.79 Å². The molecule has 1 heterocycles. The normalized spacial score (nSPS) is 15.4. The summed E-state index contributed by atoms with van der Waals surface area (Å²) in [6, 6.07) is 5.40. The SMILES string of the molecule is COc1ccc(N2CCCNC2=O)cc1OC. The number of nitrogens with zero attached hydrogens (tertiary/aromatic N) is 1. The molecule has 2 amide bonds. The third-order valence-corrected chi connectivity index (χ3v) is 2.76. The summed E-state index contributed by atoms with van der Waals surface area (Å²) in [6.45, 7) is 1.46. The van der Waals surface area contributed by atoms with Crippen LogP contribution >= 0.6 is 0 Å². The zero-order chi connectivity index (χ0) is 12.3. The van der Waals surface area contributed by atoms with Gasteiger partial charge in [-0.2, -0.15) is 0 Å². The van der Waals surface area contributed by atoms with Crippen molar-refractivity contribution >= 4 is 11.7 Å². The number of hydrogen-bond acceptors (Lipinski definition) is 3. The highest BCUT2D eigenvalue weighted by Crippen LogP contribution is 2.31. The van der Waals surface area contributed by atoms with Crippen LogP contribution in [-0.2, 0) is 0 Å². The van der Waals surface area contributed by atoms with Crippen molar-refractivity contribution in [2.75, 3.05) is 32.2 Å². The average molecular weight is 236 g/mol. The monoisotopic (exact) mass is 236 g/mol. The van der Waals surface area contributed by atoms with Crippen molar-refractivity contribution in [1.82, 2.24) is 5.32 Å². The first kappa shape index (κ1) is 11.6. The van der Waals surface area contributed by atoms with Gasteiger partial charge in [0.25, 0.3) is 0 Å². The van der Waals surface area contributed by atoms with Crippen LogP contribution in [0.25, 0.3) is 0 Å². The summed E-state index contributed by atoms with van der Waals surface area (Å²) in [5.41, 5.74) is 0.819. The first-order valence-electron chi connectivity index (χ1n) is 5.53. The number of ether oxygens (including phenoxy) is 2. The Morgan fingerprint density at radius 2 is 2.00 bits per heavy atom. The number of nitrogens with one attached hydrogen (secondary N) is 1. The zero-order valence-corrected chi connectivity index (χ0v) is 10.0. The van der Waals surface area contributed by atoms with E-state index in [2.05, 4.69) is 5.32 Å². The van der Waals surface area contributed by atoms with Gasteiger partial charge in [-0.25, -0.2) is 4.79 Å². The highest BCUT2D eigenvalue weighted by atomic mass is 16.5. The first-order chi connectivity index (χ1) is 8.26. The van der Waals surface area contributed by atoms with Gasteiger partial charge in [-0.05, 0) is 18.6 Å². The molecular weight excluding hydrogens is 220 g/mol. The van der Waals surface area contributed by atoms with E-state index in [-0.39, 0.29) is 6.03 Å². The van der Waals surface area contributed by atoms with E-state index >= 15 is 0 Å². The fourth-order valence-corrected chi connectivity index (χ4v) is 1.87. The van der Waals surface area contributed by atoms with Gasteiger partial charge in [-0.15, -0.1) is 0 Å². The molecule has 0 bridgehead atoms. The lowest BCUT2D eigenvalue weighted by atomic mass is 10.2. The maximum absolute atomic E-state index is 11.7. The molecule has 2 rings (SSSR count). The standard InChI is InChI=1S/C12H16N2O3/c1-16-10-5-4-9(8-11(10)17-2)14-7-3-6-13-12(14)15/h4-5,8H,3,6-7H2,1-2H3,(H,13,15). The molecule has 0 radical (unpaired) electrons. The molecule has 0 spiro atoms. The number of rotatable bonds is 3. The number of hydrogen-bond donors (Lipinski definition) is 1. The Balaban J connectivity index is 2.29. The van der Waals surface area contributed by atoms with Crippen LogP contribution in [0.1, 0.15) is 6.42 Å². The summed E-state index contributed by atoms with van der Waals surface area (Å²) in [6.07, 6.45) is 0.945. The largest absolute Gasteiger partial charge is 0.493 e. The van der Waals surface area contributed by atoms with Gasteiger partial charge in [0.05, 0.1) is 14.2 Å². The van der Waals surface area contributed by atoms with Gasteiger partial charge in [-0.3, -0.25) is 4.90 Å². The Hall–Kier alpha value is -1.91. The quantitative estimate of drug-likeness (QED) is 0.867. The molecule has 1 aromatic carbocycles. The Morgan fingerprint density at radius 1 is 1.24 bits per heavy atom. The van der Waals surface area contributed by atoms with Crippen molar-refractivity contribution < 1.29 is 14.3 Å². The van der Waals surface area contributed by atoms with Crippen LogP contribution in [0.15, 0.2) is 18.2 Å². The lowest BCUT2D eigenvalue weighted by molar-refractivity contribution is 0.243. The van der Waals surface area contributed by atoms with Crippen LogP contribution in [0.4, 0.5) is 10.5 Å². The van der Waals surface area contributed by atoms with E-state index in [1.54, 1.807) is 25.2 Å². The minimum absolute atomic E-state index is 0.0662. The third-order valence-electron chi connectivity index (χ3n) is 2.76. The molecule has 1 aliphatic rings. The average Bonchev–Trinajstić information content (AvgIpc) is 2.38. The van der Waals surface area contributed by atoms with Crippen LogP contribution < -0.4 is 19.7 Å². The van der Waals surface area contributed by atoms with Crippen LogP contribution in [0.3, 0.4) is 0 Å². The van der Waals surface area contributed by atoms with E-state index < -0.39 is 0 Å². The highest BCUT2D eigenvalue weighted by Gasteiger charge is 2.20. The molecule has 1 aliphatic heterocycles. The van der Waals surface area contributed by atoms with Gasteiger partial charge in [0.2, 0.25) is 0 Å². The molecule has 17 heavy (non-hydrogen) atoms. The van der Waals surface area contributed by atoms with Crippen molar-refractivity contribution in [3.8, 4) is 11.5 Å². The van der Waals surface area contributed by atoms with Gasteiger partial charge in [0, 0.05) is 24.8 Å². The second-order valence-corrected chi connectivity index (χ2v) is 3.78. The van der Waals surface area contributed by atoms with Crippen LogP contribution in [-0.4, -0.2) is 33.3 Å². The summed E-state index contributed by atoms with van der Waals surface area (Å²) in [7, 11) is 3.17. The van der Waals surface area contributed by atoms with Crippen molar-refractivity contribution in [1.29, 1.82) is 0 Å². The molecule has 1 aromatic rings. The molecule has 0 atom stereocenters. The molecule has 92 valence electrons. The summed E-state index contributed by atoms with van der Waals surface area (Å²) in [4.78, 5) is 13.4. The summed E-state index contributed by atoms with van der Waals surface area (Å²) < 4.78 is 10.4. The minimum Gasteiger partial charge on any atom is -0.493 e. The van der Waals surface area contributed by atoms with Gasteiger partial charge in [0.1, 0.15) is 0 Å². The van der Waals surface area contributed by atoms with Crippen LogP contribution in [0.5, 0.6) is 11.5 Å². The molecule has 0 aliphatic carbocycles. The van der Waals surface area contributed by atoms with Crippen molar-refractivity contribution in [3.63, 3.8) is 0 Å². The molecule has 1 N–H and O–H groups in total. The number of benzene rings is 1. The van der Waals surface area contributed by atoms with E-state index in [1.165, 1.54) is 0 Å². The van der Waals surface area contributed by atoms with Gasteiger partial charge >= 0.3 is 6.03 Å². The van der Waals surface area contributed by atoms with E-state index in [0.717, 1.165) is 25.2 Å². The fourth-order valence-electron chi connectivity index (χ4n) is 1.87. The van der Waals surface area contributed by atoms with Gasteiger partial charge in [0.15, 0.2) is 11.5 Å². The Bertz CT molecular complexity index is 420. The van der Waals surface area contributed by atoms with Crippen molar-refractivity contribution in [3.05, 3.63) is 18.2 Å².